The molecule has 3 N–H and O–H groups in total. The molecule has 5 nitrogen and oxygen atoms in total. The van der Waals surface area contributed by atoms with Crippen LogP contribution in [0.1, 0.15) is 5.69 Å². The van der Waals surface area contributed by atoms with Gasteiger partial charge in [0.15, 0.2) is 5.13 Å². The molecular weight excluding hydrogens is 306 g/mol. The van der Waals surface area contributed by atoms with Gasteiger partial charge in [0.05, 0.1) is 10.6 Å². The molecule has 0 unspecified atom stereocenters. The summed E-state index contributed by atoms with van der Waals surface area (Å²) >= 11 is 1.68. The van der Waals surface area contributed by atoms with E-state index in [0.717, 1.165) is 29.3 Å². The van der Waals surface area contributed by atoms with Crippen LogP contribution in [0.25, 0.3) is 21.2 Å². The standard InChI is InChI=1S/C17H21N5S/c1-22(2)11-15-16(23-17(21-15)20-8-6-18)13-3-4-14-10-19-7-5-12(14)9-13/h3-5,7,9-10H,6,8,11,18H2,1-2H3,(H,20,21). The van der Waals surface area contributed by atoms with E-state index in [-0.39, 0.29) is 0 Å². The molecule has 0 bridgehead atoms. The van der Waals surface area contributed by atoms with E-state index in [2.05, 4.69) is 47.5 Å². The van der Waals surface area contributed by atoms with Crippen molar-refractivity contribution in [2.24, 2.45) is 5.73 Å². The minimum atomic E-state index is 0.598. The highest BCUT2D eigenvalue weighted by atomic mass is 32.1. The normalized spacial score (nSPS) is 11.3. The van der Waals surface area contributed by atoms with Crippen LogP contribution < -0.4 is 11.1 Å². The fourth-order valence-corrected chi connectivity index (χ4v) is 3.46. The van der Waals surface area contributed by atoms with Gasteiger partial charge in [-0.3, -0.25) is 4.98 Å². The Bertz CT molecular complexity index is 797. The topological polar surface area (TPSA) is 67.1 Å². The van der Waals surface area contributed by atoms with Crippen molar-refractivity contribution < 1.29 is 0 Å². The molecule has 0 aliphatic rings. The molecule has 3 rings (SSSR count). The van der Waals surface area contributed by atoms with Gasteiger partial charge in [-0.25, -0.2) is 4.98 Å². The average molecular weight is 327 g/mol. The monoisotopic (exact) mass is 327 g/mol. The Morgan fingerprint density at radius 3 is 2.87 bits per heavy atom. The average Bonchev–Trinajstić information content (AvgIpc) is 2.94. The molecule has 6 heteroatoms. The first-order chi connectivity index (χ1) is 11.2. The van der Waals surface area contributed by atoms with E-state index >= 15 is 0 Å². The largest absolute Gasteiger partial charge is 0.360 e. The van der Waals surface area contributed by atoms with E-state index in [1.165, 1.54) is 15.8 Å². The van der Waals surface area contributed by atoms with Crippen molar-refractivity contribution in [3.8, 4) is 10.4 Å². The molecule has 120 valence electrons. The highest BCUT2D eigenvalue weighted by Gasteiger charge is 2.14. The van der Waals surface area contributed by atoms with Gasteiger partial charge >= 0.3 is 0 Å². The van der Waals surface area contributed by atoms with Crippen LogP contribution in [-0.2, 0) is 6.54 Å². The van der Waals surface area contributed by atoms with Crippen LogP contribution in [0.5, 0.6) is 0 Å². The molecule has 0 aliphatic carbocycles. The summed E-state index contributed by atoms with van der Waals surface area (Å²) in [5.74, 6) is 0. The van der Waals surface area contributed by atoms with Crippen molar-refractivity contribution in [2.75, 3.05) is 32.5 Å². The van der Waals surface area contributed by atoms with Crippen LogP contribution >= 0.6 is 11.3 Å². The Balaban J connectivity index is 2.02. The van der Waals surface area contributed by atoms with Gasteiger partial charge in [-0.05, 0) is 37.2 Å². The van der Waals surface area contributed by atoms with Gasteiger partial charge in [-0.15, -0.1) is 0 Å². The van der Waals surface area contributed by atoms with Gasteiger partial charge in [0.1, 0.15) is 0 Å². The number of fused-ring (bicyclic) bond motifs is 1. The molecule has 1 aromatic carbocycles. The summed E-state index contributed by atoms with van der Waals surface area (Å²) in [4.78, 5) is 12.3. The number of thiazole rings is 1. The summed E-state index contributed by atoms with van der Waals surface area (Å²) in [6.45, 7) is 2.14. The first-order valence-corrected chi connectivity index (χ1v) is 8.41. The van der Waals surface area contributed by atoms with Crippen molar-refractivity contribution in [2.45, 2.75) is 6.54 Å². The summed E-state index contributed by atoms with van der Waals surface area (Å²) < 4.78 is 0. The number of anilines is 1. The summed E-state index contributed by atoms with van der Waals surface area (Å²) in [6, 6.07) is 8.50. The third-order valence-electron chi connectivity index (χ3n) is 3.49. The molecule has 0 saturated carbocycles. The second-order valence-electron chi connectivity index (χ2n) is 5.69. The predicted octanol–water partition coefficient (Wildman–Crippen LogP) is 2.79. The number of nitrogens with one attached hydrogen (secondary N) is 1. The van der Waals surface area contributed by atoms with Gasteiger partial charge in [-0.2, -0.15) is 0 Å². The number of aromatic nitrogens is 2. The van der Waals surface area contributed by atoms with Crippen LogP contribution in [-0.4, -0.2) is 42.1 Å². The summed E-state index contributed by atoms with van der Waals surface area (Å²) in [6.07, 6.45) is 3.72. The quantitative estimate of drug-likeness (QED) is 0.729. The van der Waals surface area contributed by atoms with E-state index in [9.17, 15) is 0 Å². The minimum Gasteiger partial charge on any atom is -0.360 e. The van der Waals surface area contributed by atoms with E-state index in [1.54, 1.807) is 11.3 Å². The van der Waals surface area contributed by atoms with Crippen LogP contribution in [0.3, 0.4) is 0 Å². The van der Waals surface area contributed by atoms with E-state index in [0.29, 0.717) is 6.54 Å². The van der Waals surface area contributed by atoms with E-state index in [1.807, 2.05) is 18.5 Å². The molecule has 0 amide bonds. The lowest BCUT2D eigenvalue weighted by molar-refractivity contribution is 0.398. The SMILES string of the molecule is CN(C)Cc1nc(NCCN)sc1-c1ccc2cnccc2c1. The van der Waals surface area contributed by atoms with E-state index < -0.39 is 0 Å². The van der Waals surface area contributed by atoms with Crippen LogP contribution in [0.2, 0.25) is 0 Å². The highest BCUT2D eigenvalue weighted by Crippen LogP contribution is 2.35. The minimum absolute atomic E-state index is 0.598. The van der Waals surface area contributed by atoms with Crippen LogP contribution in [0.15, 0.2) is 36.7 Å². The number of hydrogen-bond donors (Lipinski definition) is 2. The molecule has 3 aromatic rings. The lowest BCUT2D eigenvalue weighted by Crippen LogP contribution is -2.14. The van der Waals surface area contributed by atoms with Gasteiger partial charge in [0, 0.05) is 37.4 Å². The Kier molecular flexibility index (Phi) is 4.85. The summed E-state index contributed by atoms with van der Waals surface area (Å²) in [7, 11) is 4.12. The Morgan fingerprint density at radius 1 is 1.22 bits per heavy atom. The third kappa shape index (κ3) is 3.67. The lowest BCUT2D eigenvalue weighted by Gasteiger charge is -2.09. The van der Waals surface area contributed by atoms with Gasteiger partial charge in [-0.1, -0.05) is 23.5 Å². The zero-order chi connectivity index (χ0) is 16.2. The number of nitrogens with two attached hydrogens (primary N) is 1. The molecule has 0 atom stereocenters. The fraction of sp³-hybridized carbons (Fsp3) is 0.294. The van der Waals surface area contributed by atoms with Crippen LogP contribution in [0, 0.1) is 0 Å². The zero-order valence-corrected chi connectivity index (χ0v) is 14.2. The summed E-state index contributed by atoms with van der Waals surface area (Å²) in [5.41, 5.74) is 7.86. The van der Waals surface area contributed by atoms with Crippen molar-refractivity contribution in [3.63, 3.8) is 0 Å². The first-order valence-electron chi connectivity index (χ1n) is 7.60. The summed E-state index contributed by atoms with van der Waals surface area (Å²) in [5, 5.41) is 6.56. The maximum absolute atomic E-state index is 5.58. The number of pyridine rings is 1. The highest BCUT2D eigenvalue weighted by molar-refractivity contribution is 7.19. The Morgan fingerprint density at radius 2 is 2.09 bits per heavy atom. The molecule has 2 heterocycles. The Hall–Kier alpha value is -2.02. The smallest absolute Gasteiger partial charge is 0.183 e. The van der Waals surface area contributed by atoms with Crippen LogP contribution in [0.4, 0.5) is 5.13 Å². The molecule has 2 aromatic heterocycles. The van der Waals surface area contributed by atoms with Gasteiger partial charge in [0.25, 0.3) is 0 Å². The fourth-order valence-electron chi connectivity index (χ4n) is 2.46. The number of rotatable bonds is 6. The molecule has 0 aliphatic heterocycles. The maximum atomic E-state index is 5.58. The van der Waals surface area contributed by atoms with Gasteiger partial charge in [0.2, 0.25) is 0 Å². The molecule has 0 spiro atoms. The van der Waals surface area contributed by atoms with Crippen molar-refractivity contribution in [3.05, 3.63) is 42.4 Å². The zero-order valence-electron chi connectivity index (χ0n) is 13.4. The Labute approximate surface area is 140 Å². The number of nitrogens with zero attached hydrogens (tertiary/aromatic N) is 3. The molecular formula is C17H21N5S. The van der Waals surface area contributed by atoms with Crippen molar-refractivity contribution in [1.29, 1.82) is 0 Å². The van der Waals surface area contributed by atoms with Crippen molar-refractivity contribution >= 4 is 27.2 Å². The maximum Gasteiger partial charge on any atom is 0.183 e. The number of hydrogen-bond acceptors (Lipinski definition) is 6. The molecule has 0 saturated heterocycles. The lowest BCUT2D eigenvalue weighted by atomic mass is 10.1. The molecule has 0 fully saturated rings. The predicted molar refractivity (Wildman–Crippen MR) is 97.8 cm³/mol. The molecule has 23 heavy (non-hydrogen) atoms. The second-order valence-corrected chi connectivity index (χ2v) is 6.68. The van der Waals surface area contributed by atoms with Crippen molar-refractivity contribution in [1.82, 2.24) is 14.9 Å². The van der Waals surface area contributed by atoms with Gasteiger partial charge < -0.3 is 16.0 Å². The second kappa shape index (κ2) is 7.04. The first kappa shape index (κ1) is 15.9. The number of benzene rings is 1. The third-order valence-corrected chi connectivity index (χ3v) is 4.59. The van der Waals surface area contributed by atoms with E-state index in [4.69, 9.17) is 10.7 Å². The molecule has 0 radical (unpaired) electrons.